The number of hydrogen-bond donors (Lipinski definition) is 1. The number of anilines is 1. The van der Waals surface area contributed by atoms with Crippen LogP contribution in [0.15, 0.2) is 52.7 Å². The molecule has 0 saturated carbocycles. The van der Waals surface area contributed by atoms with Crippen LogP contribution in [0.3, 0.4) is 0 Å². The van der Waals surface area contributed by atoms with Crippen LogP contribution in [0.2, 0.25) is 0 Å². The van der Waals surface area contributed by atoms with Crippen molar-refractivity contribution >= 4 is 34.7 Å². The fourth-order valence-electron chi connectivity index (χ4n) is 2.84. The highest BCUT2D eigenvalue weighted by Crippen LogP contribution is 2.40. The van der Waals surface area contributed by atoms with E-state index in [1.165, 1.54) is 0 Å². The van der Waals surface area contributed by atoms with Gasteiger partial charge in [0.2, 0.25) is 5.79 Å². The van der Waals surface area contributed by atoms with Gasteiger partial charge in [-0.15, -0.1) is 23.1 Å². The van der Waals surface area contributed by atoms with Crippen LogP contribution in [0.4, 0.5) is 5.69 Å². The number of carbonyl (C=O) groups excluding carboxylic acids is 1. The van der Waals surface area contributed by atoms with Gasteiger partial charge >= 0.3 is 0 Å². The molecule has 5 nitrogen and oxygen atoms in total. The summed E-state index contributed by atoms with van der Waals surface area (Å²) in [7, 11) is 0. The van der Waals surface area contributed by atoms with Gasteiger partial charge in [0.25, 0.3) is 5.91 Å². The number of fused-ring (bicyclic) bond motifs is 1. The van der Waals surface area contributed by atoms with Crippen LogP contribution in [-0.4, -0.2) is 16.7 Å². The summed E-state index contributed by atoms with van der Waals surface area (Å²) < 4.78 is 11.4. The first-order valence-corrected chi connectivity index (χ1v) is 10.7. The molecule has 144 valence electrons. The average molecular weight is 413 g/mol. The van der Waals surface area contributed by atoms with Gasteiger partial charge in [-0.3, -0.25) is 4.79 Å². The minimum atomic E-state index is -0.685. The number of carbonyl (C=O) groups is 1. The Morgan fingerprint density at radius 1 is 1.14 bits per heavy atom. The second-order valence-corrected chi connectivity index (χ2v) is 9.00. The average Bonchev–Trinajstić information content (AvgIpc) is 3.21. The van der Waals surface area contributed by atoms with Gasteiger partial charge in [-0.05, 0) is 43.3 Å². The first kappa shape index (κ1) is 18.8. The zero-order valence-corrected chi connectivity index (χ0v) is 17.4. The number of hydrogen-bond acceptors (Lipinski definition) is 6. The molecule has 1 aromatic heterocycles. The molecule has 7 heteroatoms. The lowest BCUT2D eigenvalue weighted by Crippen LogP contribution is -2.29. The molecule has 0 radical (unpaired) electrons. The quantitative estimate of drug-likeness (QED) is 0.561. The predicted octanol–water partition coefficient (Wildman–Crippen LogP) is 5.50. The molecule has 0 spiro atoms. The van der Waals surface area contributed by atoms with Crippen LogP contribution in [0.5, 0.6) is 11.5 Å². The molecule has 2 heterocycles. The third-order valence-electron chi connectivity index (χ3n) is 4.08. The van der Waals surface area contributed by atoms with E-state index in [4.69, 9.17) is 9.47 Å². The predicted molar refractivity (Wildman–Crippen MR) is 113 cm³/mol. The maximum atomic E-state index is 12.5. The van der Waals surface area contributed by atoms with Gasteiger partial charge in [0.1, 0.15) is 0 Å². The summed E-state index contributed by atoms with van der Waals surface area (Å²) in [5, 5.41) is 6.06. The molecule has 0 aliphatic carbocycles. The van der Waals surface area contributed by atoms with Crippen molar-refractivity contribution in [2.45, 2.75) is 37.2 Å². The summed E-state index contributed by atoms with van der Waals surface area (Å²) in [6.45, 7) is 5.70. The number of thiazole rings is 1. The summed E-state index contributed by atoms with van der Waals surface area (Å²) in [6.07, 6.45) is 0. The Kier molecular flexibility index (Phi) is 5.03. The van der Waals surface area contributed by atoms with Crippen LogP contribution >= 0.6 is 23.1 Å². The molecule has 4 rings (SSSR count). The van der Waals surface area contributed by atoms with E-state index in [9.17, 15) is 4.79 Å². The Morgan fingerprint density at radius 2 is 1.89 bits per heavy atom. The highest BCUT2D eigenvalue weighted by molar-refractivity contribution is 7.98. The van der Waals surface area contributed by atoms with Gasteiger partial charge in [-0.25, -0.2) is 4.98 Å². The largest absolute Gasteiger partial charge is 0.449 e. The van der Waals surface area contributed by atoms with Crippen LogP contribution in [0, 0.1) is 6.92 Å². The van der Waals surface area contributed by atoms with E-state index in [1.807, 2.05) is 51.1 Å². The zero-order valence-electron chi connectivity index (χ0n) is 15.8. The van der Waals surface area contributed by atoms with E-state index in [1.54, 1.807) is 35.2 Å². The fourth-order valence-corrected chi connectivity index (χ4v) is 4.35. The topological polar surface area (TPSA) is 60.5 Å². The van der Waals surface area contributed by atoms with Crippen molar-refractivity contribution in [2.75, 3.05) is 5.32 Å². The maximum absolute atomic E-state index is 12.5. The Hall–Kier alpha value is -2.51. The number of aromatic nitrogens is 1. The van der Waals surface area contributed by atoms with Crippen molar-refractivity contribution in [3.8, 4) is 11.5 Å². The fraction of sp³-hybridized carbons (Fsp3) is 0.238. The van der Waals surface area contributed by atoms with Crippen molar-refractivity contribution in [1.29, 1.82) is 0 Å². The van der Waals surface area contributed by atoms with E-state index >= 15 is 0 Å². The number of aryl methyl sites for hydroxylation is 1. The van der Waals surface area contributed by atoms with Gasteiger partial charge in [-0.2, -0.15) is 0 Å². The summed E-state index contributed by atoms with van der Waals surface area (Å²) in [5.41, 5.74) is 2.36. The van der Waals surface area contributed by atoms with Gasteiger partial charge in [0, 0.05) is 47.2 Å². The molecule has 0 saturated heterocycles. The second-order valence-electron chi connectivity index (χ2n) is 6.89. The molecule has 0 unspecified atom stereocenters. The number of rotatable bonds is 5. The molecule has 1 N–H and O–H groups in total. The maximum Gasteiger partial charge on any atom is 0.255 e. The molecular formula is C21H20N2O3S2. The summed E-state index contributed by atoms with van der Waals surface area (Å²) in [6, 6.07) is 13.0. The van der Waals surface area contributed by atoms with Crippen molar-refractivity contribution in [3.63, 3.8) is 0 Å². The van der Waals surface area contributed by atoms with Crippen LogP contribution < -0.4 is 14.8 Å². The minimum Gasteiger partial charge on any atom is -0.449 e. The first-order chi connectivity index (χ1) is 13.4. The first-order valence-electron chi connectivity index (χ1n) is 8.85. The molecule has 1 aliphatic heterocycles. The van der Waals surface area contributed by atoms with E-state index < -0.39 is 5.79 Å². The van der Waals surface area contributed by atoms with E-state index in [0.29, 0.717) is 22.7 Å². The van der Waals surface area contributed by atoms with E-state index in [2.05, 4.69) is 15.7 Å². The standard InChI is InChI=1S/C21H20N2O3S2/c1-13-22-16(11-27-13)12-28-17-7-4-14(5-8-17)20(24)23-15-6-9-18-19(10-15)26-21(2,3)25-18/h4-11H,12H2,1-3H3,(H,23,24). The van der Waals surface area contributed by atoms with E-state index in [-0.39, 0.29) is 5.91 Å². The Morgan fingerprint density at radius 3 is 2.61 bits per heavy atom. The summed E-state index contributed by atoms with van der Waals surface area (Å²) in [4.78, 5) is 18.1. The van der Waals surface area contributed by atoms with Crippen molar-refractivity contribution in [1.82, 2.24) is 4.98 Å². The van der Waals surface area contributed by atoms with Crippen LogP contribution in [0.25, 0.3) is 0 Å². The second kappa shape index (κ2) is 7.48. The monoisotopic (exact) mass is 412 g/mol. The smallest absolute Gasteiger partial charge is 0.255 e. The molecule has 0 atom stereocenters. The highest BCUT2D eigenvalue weighted by atomic mass is 32.2. The third kappa shape index (κ3) is 4.31. The summed E-state index contributed by atoms with van der Waals surface area (Å²) in [5.74, 6) is 1.29. The molecule has 0 fully saturated rings. The third-order valence-corrected chi connectivity index (χ3v) is 5.95. The van der Waals surface area contributed by atoms with Gasteiger partial charge < -0.3 is 14.8 Å². The molecule has 3 aromatic rings. The van der Waals surface area contributed by atoms with Crippen LogP contribution in [0.1, 0.15) is 34.9 Å². The Labute approximate surface area is 172 Å². The normalized spacial score (nSPS) is 14.1. The molecule has 1 amide bonds. The minimum absolute atomic E-state index is 0.162. The Balaban J connectivity index is 1.37. The number of nitrogens with one attached hydrogen (secondary N) is 1. The van der Waals surface area contributed by atoms with Crippen molar-refractivity contribution in [3.05, 3.63) is 64.1 Å². The van der Waals surface area contributed by atoms with Gasteiger partial charge in [0.05, 0.1) is 10.7 Å². The molecular weight excluding hydrogens is 392 g/mol. The lowest BCUT2D eigenvalue weighted by molar-refractivity contribution is -0.0431. The zero-order chi connectivity index (χ0) is 19.7. The van der Waals surface area contributed by atoms with Crippen molar-refractivity contribution in [2.24, 2.45) is 0 Å². The lowest BCUT2D eigenvalue weighted by Gasteiger charge is -2.16. The number of thioether (sulfide) groups is 1. The van der Waals surface area contributed by atoms with Gasteiger partial charge in [-0.1, -0.05) is 0 Å². The summed E-state index contributed by atoms with van der Waals surface area (Å²) >= 11 is 3.37. The molecule has 0 bridgehead atoms. The Bertz CT molecular complexity index is 1010. The van der Waals surface area contributed by atoms with Gasteiger partial charge in [0.15, 0.2) is 11.5 Å². The molecule has 2 aromatic carbocycles. The lowest BCUT2D eigenvalue weighted by atomic mass is 10.2. The van der Waals surface area contributed by atoms with E-state index in [0.717, 1.165) is 21.3 Å². The number of amides is 1. The van der Waals surface area contributed by atoms with Crippen LogP contribution in [-0.2, 0) is 5.75 Å². The number of ether oxygens (including phenoxy) is 2. The SMILES string of the molecule is Cc1nc(CSc2ccc(C(=O)Nc3ccc4c(c3)OC(C)(C)O4)cc2)cs1. The molecule has 1 aliphatic rings. The molecule has 28 heavy (non-hydrogen) atoms. The number of benzene rings is 2. The highest BCUT2D eigenvalue weighted by Gasteiger charge is 2.31. The van der Waals surface area contributed by atoms with Crippen molar-refractivity contribution < 1.29 is 14.3 Å². The number of nitrogens with zero attached hydrogens (tertiary/aromatic N) is 1.